The van der Waals surface area contributed by atoms with Crippen molar-refractivity contribution in [1.29, 1.82) is 0 Å². The van der Waals surface area contributed by atoms with Crippen molar-refractivity contribution in [3.63, 3.8) is 0 Å². The molecule has 0 saturated carbocycles. The van der Waals surface area contributed by atoms with E-state index in [1.165, 1.54) is 33.0 Å². The van der Waals surface area contributed by atoms with Crippen LogP contribution in [0.25, 0.3) is 10.4 Å². The van der Waals surface area contributed by atoms with E-state index in [0.717, 1.165) is 50.6 Å². The second-order valence-electron chi connectivity index (χ2n) is 8.43. The molecule has 1 N–H and O–H groups in total. The van der Waals surface area contributed by atoms with E-state index in [9.17, 15) is 0 Å². The Labute approximate surface area is 187 Å². The Morgan fingerprint density at radius 1 is 1.19 bits per heavy atom. The molecule has 0 aliphatic carbocycles. The highest BCUT2D eigenvalue weighted by Crippen LogP contribution is 2.40. The normalized spacial score (nSPS) is 19.5. The van der Waals surface area contributed by atoms with Gasteiger partial charge in [-0.1, -0.05) is 0 Å². The molecule has 5 nitrogen and oxygen atoms in total. The van der Waals surface area contributed by atoms with E-state index in [1.807, 2.05) is 23.6 Å². The van der Waals surface area contributed by atoms with E-state index < -0.39 is 0 Å². The standard InChI is InChI=1S/C25H30N2O3S/c1-18-7-8-24(31-18)19-13-20-15-27(16-21-5-4-9-26-21)10-12-29-25(20)23(14-19)30-17-22-6-2-3-11-28-22/h4-5,7-9,13-14,22,26H,2-3,6,10-12,15-17H2,1H3. The van der Waals surface area contributed by atoms with Crippen LogP contribution in [0.2, 0.25) is 0 Å². The Kier molecular flexibility index (Phi) is 6.30. The molecule has 5 rings (SSSR count). The first kappa shape index (κ1) is 20.6. The average molecular weight is 439 g/mol. The summed E-state index contributed by atoms with van der Waals surface area (Å²) in [7, 11) is 0. The van der Waals surface area contributed by atoms with Gasteiger partial charge < -0.3 is 19.2 Å². The number of nitrogens with one attached hydrogen (secondary N) is 1. The van der Waals surface area contributed by atoms with Gasteiger partial charge in [0.25, 0.3) is 0 Å². The zero-order valence-corrected chi connectivity index (χ0v) is 18.9. The fraction of sp³-hybridized carbons (Fsp3) is 0.440. The van der Waals surface area contributed by atoms with Crippen LogP contribution in [0.15, 0.2) is 42.6 Å². The van der Waals surface area contributed by atoms with Crippen molar-refractivity contribution in [3.05, 3.63) is 58.7 Å². The number of aromatic nitrogens is 1. The number of ether oxygens (including phenoxy) is 3. The molecule has 4 heterocycles. The molecule has 1 saturated heterocycles. The van der Waals surface area contributed by atoms with Gasteiger partial charge in [0.05, 0.1) is 6.10 Å². The summed E-state index contributed by atoms with van der Waals surface area (Å²) in [5.74, 6) is 1.73. The first-order valence-corrected chi connectivity index (χ1v) is 12.0. The number of nitrogens with zero attached hydrogens (tertiary/aromatic N) is 1. The van der Waals surface area contributed by atoms with Gasteiger partial charge in [-0.2, -0.15) is 0 Å². The minimum atomic E-state index is 0.173. The van der Waals surface area contributed by atoms with Gasteiger partial charge in [-0.15, -0.1) is 11.3 Å². The van der Waals surface area contributed by atoms with Crippen LogP contribution in [-0.2, 0) is 17.8 Å². The first-order valence-electron chi connectivity index (χ1n) is 11.2. The number of fused-ring (bicyclic) bond motifs is 1. The van der Waals surface area contributed by atoms with Crippen LogP contribution in [0.3, 0.4) is 0 Å². The van der Waals surface area contributed by atoms with Gasteiger partial charge in [-0.25, -0.2) is 0 Å². The molecule has 2 aliphatic rings. The number of aromatic amines is 1. The molecule has 6 heteroatoms. The summed E-state index contributed by atoms with van der Waals surface area (Å²) < 4.78 is 18.5. The molecule has 1 aromatic carbocycles. The molecule has 1 atom stereocenters. The maximum Gasteiger partial charge on any atom is 0.165 e. The molecule has 0 radical (unpaired) electrons. The maximum absolute atomic E-state index is 6.34. The molecule has 3 aromatic rings. The lowest BCUT2D eigenvalue weighted by atomic mass is 10.1. The van der Waals surface area contributed by atoms with Gasteiger partial charge in [0, 0.05) is 53.4 Å². The van der Waals surface area contributed by atoms with Crippen LogP contribution >= 0.6 is 11.3 Å². The van der Waals surface area contributed by atoms with E-state index in [-0.39, 0.29) is 6.10 Å². The third-order valence-corrected chi connectivity index (χ3v) is 7.01. The fourth-order valence-electron chi connectivity index (χ4n) is 4.34. The second-order valence-corrected chi connectivity index (χ2v) is 9.71. The molecule has 0 bridgehead atoms. The number of thiophene rings is 1. The van der Waals surface area contributed by atoms with E-state index in [1.54, 1.807) is 0 Å². The Morgan fingerprint density at radius 2 is 2.16 bits per heavy atom. The number of benzene rings is 1. The zero-order chi connectivity index (χ0) is 21.0. The van der Waals surface area contributed by atoms with Crippen LogP contribution in [0, 0.1) is 6.92 Å². The smallest absolute Gasteiger partial charge is 0.165 e. The summed E-state index contributed by atoms with van der Waals surface area (Å²) in [5, 5.41) is 0. The van der Waals surface area contributed by atoms with Crippen molar-refractivity contribution in [2.45, 2.75) is 45.4 Å². The molecule has 0 spiro atoms. The topological polar surface area (TPSA) is 46.7 Å². The van der Waals surface area contributed by atoms with Gasteiger partial charge in [0.1, 0.15) is 13.2 Å². The van der Waals surface area contributed by atoms with Gasteiger partial charge in [-0.3, -0.25) is 4.90 Å². The van der Waals surface area contributed by atoms with Crippen molar-refractivity contribution in [2.75, 3.05) is 26.4 Å². The SMILES string of the molecule is Cc1ccc(-c2cc3c(c(OCC4CCCCO4)c2)OCCN(Cc2ccc[nH]2)C3)s1. The monoisotopic (exact) mass is 438 g/mol. The summed E-state index contributed by atoms with van der Waals surface area (Å²) in [5.41, 5.74) is 3.60. The van der Waals surface area contributed by atoms with Gasteiger partial charge in [0.15, 0.2) is 11.5 Å². The number of hydrogen-bond acceptors (Lipinski definition) is 5. The Balaban J connectivity index is 1.43. The number of H-pyrrole nitrogens is 1. The van der Waals surface area contributed by atoms with Crippen molar-refractivity contribution in [1.82, 2.24) is 9.88 Å². The fourth-order valence-corrected chi connectivity index (χ4v) is 5.20. The molecule has 2 aromatic heterocycles. The summed E-state index contributed by atoms with van der Waals surface area (Å²) in [6, 6.07) is 13.0. The minimum absolute atomic E-state index is 0.173. The van der Waals surface area contributed by atoms with E-state index >= 15 is 0 Å². The molecule has 31 heavy (non-hydrogen) atoms. The predicted octanol–water partition coefficient (Wildman–Crippen LogP) is 5.39. The summed E-state index contributed by atoms with van der Waals surface area (Å²) in [6.07, 6.45) is 5.58. The van der Waals surface area contributed by atoms with Gasteiger partial charge >= 0.3 is 0 Å². The van der Waals surface area contributed by atoms with Gasteiger partial charge in [0.2, 0.25) is 0 Å². The van der Waals surface area contributed by atoms with Crippen LogP contribution in [0.4, 0.5) is 0 Å². The van der Waals surface area contributed by atoms with Crippen LogP contribution < -0.4 is 9.47 Å². The van der Waals surface area contributed by atoms with Crippen molar-refractivity contribution in [2.24, 2.45) is 0 Å². The molecule has 1 fully saturated rings. The van der Waals surface area contributed by atoms with E-state index in [0.29, 0.717) is 13.2 Å². The van der Waals surface area contributed by atoms with Crippen LogP contribution in [-0.4, -0.2) is 42.4 Å². The largest absolute Gasteiger partial charge is 0.488 e. The third kappa shape index (κ3) is 4.97. The second kappa shape index (κ2) is 9.47. The predicted molar refractivity (Wildman–Crippen MR) is 124 cm³/mol. The first-order chi connectivity index (χ1) is 15.2. The maximum atomic E-state index is 6.34. The lowest BCUT2D eigenvalue weighted by molar-refractivity contribution is -0.0115. The average Bonchev–Trinajstić information content (AvgIpc) is 3.41. The zero-order valence-electron chi connectivity index (χ0n) is 18.1. The van der Waals surface area contributed by atoms with Crippen molar-refractivity contribution in [3.8, 4) is 21.9 Å². The third-order valence-electron chi connectivity index (χ3n) is 5.96. The lowest BCUT2D eigenvalue weighted by Gasteiger charge is -2.24. The molecular formula is C25H30N2O3S. The molecule has 2 aliphatic heterocycles. The Hall–Kier alpha value is -2.28. The van der Waals surface area contributed by atoms with Gasteiger partial charge in [-0.05, 0) is 68.1 Å². The van der Waals surface area contributed by atoms with E-state index in [2.05, 4.69) is 47.1 Å². The highest BCUT2D eigenvalue weighted by Gasteiger charge is 2.23. The lowest BCUT2D eigenvalue weighted by Crippen LogP contribution is -2.26. The molecular weight excluding hydrogens is 408 g/mol. The van der Waals surface area contributed by atoms with E-state index in [4.69, 9.17) is 14.2 Å². The summed E-state index contributed by atoms with van der Waals surface area (Å²) in [4.78, 5) is 8.32. The summed E-state index contributed by atoms with van der Waals surface area (Å²) in [6.45, 7) is 6.82. The highest BCUT2D eigenvalue weighted by atomic mass is 32.1. The van der Waals surface area contributed by atoms with Crippen LogP contribution in [0.5, 0.6) is 11.5 Å². The Morgan fingerprint density at radius 3 is 2.94 bits per heavy atom. The highest BCUT2D eigenvalue weighted by molar-refractivity contribution is 7.15. The molecule has 164 valence electrons. The quantitative estimate of drug-likeness (QED) is 0.560. The molecule has 1 unspecified atom stereocenters. The number of hydrogen-bond donors (Lipinski definition) is 1. The summed E-state index contributed by atoms with van der Waals surface area (Å²) >= 11 is 1.82. The van der Waals surface area contributed by atoms with Crippen LogP contribution in [0.1, 0.15) is 35.4 Å². The number of aryl methyl sites for hydroxylation is 1. The molecule has 0 amide bonds. The number of rotatable bonds is 6. The minimum Gasteiger partial charge on any atom is -0.488 e. The Bertz CT molecular complexity index is 992. The van der Waals surface area contributed by atoms with Crippen molar-refractivity contribution < 1.29 is 14.2 Å². The van der Waals surface area contributed by atoms with Crippen molar-refractivity contribution >= 4 is 11.3 Å².